The van der Waals surface area contributed by atoms with Gasteiger partial charge in [0.1, 0.15) is 28.8 Å². The van der Waals surface area contributed by atoms with Crippen molar-refractivity contribution < 1.29 is 18.3 Å². The first-order valence-electron chi connectivity index (χ1n) is 10.6. The van der Waals surface area contributed by atoms with Crippen molar-refractivity contribution in [3.63, 3.8) is 0 Å². The summed E-state index contributed by atoms with van der Waals surface area (Å²) in [7, 11) is 0. The van der Waals surface area contributed by atoms with Crippen LogP contribution in [0, 0.1) is 11.6 Å². The molecular formula is C23H25F2N5O2. The van der Waals surface area contributed by atoms with Gasteiger partial charge in [0.05, 0.1) is 13.2 Å². The van der Waals surface area contributed by atoms with Crippen molar-refractivity contribution >= 4 is 5.91 Å². The SMILES string of the molecule is CCOc1ccccc1CN1CCc2nnc(CNC(=O)c3c(F)cccc3F)n2CC1. The Kier molecular flexibility index (Phi) is 6.75. The minimum absolute atomic E-state index is 0.0345. The molecule has 1 amide bonds. The highest BCUT2D eigenvalue weighted by Gasteiger charge is 2.21. The Morgan fingerprint density at radius 2 is 1.84 bits per heavy atom. The van der Waals surface area contributed by atoms with Crippen molar-refractivity contribution in [1.29, 1.82) is 0 Å². The Morgan fingerprint density at radius 1 is 1.06 bits per heavy atom. The standard InChI is InChI=1S/C23H25F2N5O2/c1-2-32-19-9-4-3-6-16(19)15-29-11-10-20-27-28-21(30(20)13-12-29)14-26-23(31)22-17(24)7-5-8-18(22)25/h3-9H,2,10-15H2,1H3,(H,26,31). The van der Waals surface area contributed by atoms with Gasteiger partial charge in [0.25, 0.3) is 5.91 Å². The van der Waals surface area contributed by atoms with E-state index in [0.29, 0.717) is 25.4 Å². The molecular weight excluding hydrogens is 416 g/mol. The van der Waals surface area contributed by atoms with Crippen molar-refractivity contribution in [2.45, 2.75) is 33.0 Å². The summed E-state index contributed by atoms with van der Waals surface area (Å²) < 4.78 is 35.4. The van der Waals surface area contributed by atoms with Gasteiger partial charge in [0.15, 0.2) is 5.82 Å². The number of amides is 1. The van der Waals surface area contributed by atoms with Crippen molar-refractivity contribution in [3.8, 4) is 5.75 Å². The first-order chi connectivity index (χ1) is 15.6. The van der Waals surface area contributed by atoms with Gasteiger partial charge in [-0.15, -0.1) is 10.2 Å². The van der Waals surface area contributed by atoms with E-state index in [1.807, 2.05) is 29.7 Å². The number of carbonyl (C=O) groups is 1. The zero-order valence-corrected chi connectivity index (χ0v) is 17.9. The molecule has 2 aromatic carbocycles. The van der Waals surface area contributed by atoms with Crippen LogP contribution in [0.3, 0.4) is 0 Å². The second kappa shape index (κ2) is 9.86. The molecule has 0 aliphatic carbocycles. The molecule has 168 valence electrons. The number of halogens is 2. The molecule has 0 radical (unpaired) electrons. The number of nitrogens with one attached hydrogen (secondary N) is 1. The number of rotatable bonds is 7. The lowest BCUT2D eigenvalue weighted by Gasteiger charge is -2.21. The van der Waals surface area contributed by atoms with Gasteiger partial charge in [0, 0.05) is 38.2 Å². The zero-order chi connectivity index (χ0) is 22.5. The Hall–Kier alpha value is -3.33. The maximum atomic E-state index is 13.8. The summed E-state index contributed by atoms with van der Waals surface area (Å²) in [6, 6.07) is 11.3. The van der Waals surface area contributed by atoms with E-state index in [0.717, 1.165) is 48.9 Å². The summed E-state index contributed by atoms with van der Waals surface area (Å²) >= 11 is 0. The van der Waals surface area contributed by atoms with Gasteiger partial charge in [-0.05, 0) is 25.1 Å². The number of carbonyl (C=O) groups excluding carboxylic acids is 1. The largest absolute Gasteiger partial charge is 0.494 e. The summed E-state index contributed by atoms with van der Waals surface area (Å²) in [4.78, 5) is 14.6. The van der Waals surface area contributed by atoms with E-state index in [9.17, 15) is 13.6 Å². The molecule has 2 heterocycles. The Balaban J connectivity index is 1.40. The molecule has 0 spiro atoms. The first-order valence-corrected chi connectivity index (χ1v) is 10.6. The Morgan fingerprint density at radius 3 is 2.62 bits per heavy atom. The average Bonchev–Trinajstić information content (AvgIpc) is 3.06. The Labute approximate surface area is 185 Å². The molecule has 0 unspecified atom stereocenters. The molecule has 0 atom stereocenters. The van der Waals surface area contributed by atoms with Crippen LogP contribution in [0.15, 0.2) is 42.5 Å². The Bertz CT molecular complexity index is 1080. The van der Waals surface area contributed by atoms with Crippen LogP contribution in [-0.4, -0.2) is 45.3 Å². The smallest absolute Gasteiger partial charge is 0.257 e. The lowest BCUT2D eigenvalue weighted by atomic mass is 10.2. The van der Waals surface area contributed by atoms with Crippen LogP contribution >= 0.6 is 0 Å². The third-order valence-corrected chi connectivity index (χ3v) is 5.46. The van der Waals surface area contributed by atoms with Crippen LogP contribution in [0.2, 0.25) is 0 Å². The quantitative estimate of drug-likeness (QED) is 0.611. The zero-order valence-electron chi connectivity index (χ0n) is 17.9. The molecule has 1 aromatic heterocycles. The maximum Gasteiger partial charge on any atom is 0.257 e. The number of ether oxygens (including phenoxy) is 1. The number of fused-ring (bicyclic) bond motifs is 1. The van der Waals surface area contributed by atoms with Gasteiger partial charge in [-0.3, -0.25) is 9.69 Å². The van der Waals surface area contributed by atoms with Crippen molar-refractivity contribution in [1.82, 2.24) is 25.0 Å². The van der Waals surface area contributed by atoms with Crippen LogP contribution in [0.4, 0.5) is 8.78 Å². The minimum atomic E-state index is -0.898. The molecule has 1 N–H and O–H groups in total. The summed E-state index contributed by atoms with van der Waals surface area (Å²) in [6.45, 7) is 5.61. The van der Waals surface area contributed by atoms with Crippen LogP contribution in [-0.2, 0) is 26.1 Å². The third kappa shape index (κ3) is 4.77. The number of hydrogen-bond donors (Lipinski definition) is 1. The second-order valence-electron chi connectivity index (χ2n) is 7.53. The van der Waals surface area contributed by atoms with Gasteiger partial charge in [0.2, 0.25) is 0 Å². The number of hydrogen-bond acceptors (Lipinski definition) is 5. The monoisotopic (exact) mass is 441 g/mol. The molecule has 0 saturated heterocycles. The molecule has 0 saturated carbocycles. The summed E-state index contributed by atoms with van der Waals surface area (Å²) in [6.07, 6.45) is 0.708. The normalized spacial score (nSPS) is 14.0. The molecule has 1 aliphatic heterocycles. The van der Waals surface area contributed by atoms with Crippen LogP contribution < -0.4 is 10.1 Å². The van der Waals surface area contributed by atoms with Gasteiger partial charge < -0.3 is 14.6 Å². The van der Waals surface area contributed by atoms with E-state index in [-0.39, 0.29) is 6.54 Å². The lowest BCUT2D eigenvalue weighted by Crippen LogP contribution is -2.28. The van der Waals surface area contributed by atoms with E-state index in [4.69, 9.17) is 4.74 Å². The van der Waals surface area contributed by atoms with Crippen LogP contribution in [0.5, 0.6) is 5.75 Å². The molecule has 7 nitrogen and oxygen atoms in total. The topological polar surface area (TPSA) is 72.3 Å². The molecule has 4 rings (SSSR count). The van der Waals surface area contributed by atoms with E-state index in [1.165, 1.54) is 6.07 Å². The number of benzene rings is 2. The van der Waals surface area contributed by atoms with E-state index >= 15 is 0 Å². The lowest BCUT2D eigenvalue weighted by molar-refractivity contribution is 0.0941. The minimum Gasteiger partial charge on any atom is -0.494 e. The van der Waals surface area contributed by atoms with E-state index in [2.05, 4.69) is 26.5 Å². The summed E-state index contributed by atoms with van der Waals surface area (Å²) in [5.74, 6) is -0.340. The van der Waals surface area contributed by atoms with E-state index < -0.39 is 23.1 Å². The van der Waals surface area contributed by atoms with E-state index in [1.54, 1.807) is 0 Å². The predicted octanol–water partition coefficient (Wildman–Crippen LogP) is 2.94. The highest BCUT2D eigenvalue weighted by Crippen LogP contribution is 2.21. The molecule has 1 aliphatic rings. The molecule has 3 aromatic rings. The fourth-order valence-corrected chi connectivity index (χ4v) is 3.85. The van der Waals surface area contributed by atoms with Crippen molar-refractivity contribution in [3.05, 3.63) is 76.9 Å². The number of nitrogens with zero attached hydrogens (tertiary/aromatic N) is 4. The van der Waals surface area contributed by atoms with Crippen molar-refractivity contribution in [2.75, 3.05) is 19.7 Å². The molecule has 9 heteroatoms. The van der Waals surface area contributed by atoms with Crippen molar-refractivity contribution in [2.24, 2.45) is 0 Å². The van der Waals surface area contributed by atoms with Crippen LogP contribution in [0.1, 0.15) is 34.5 Å². The highest BCUT2D eigenvalue weighted by atomic mass is 19.1. The summed E-state index contributed by atoms with van der Waals surface area (Å²) in [5.41, 5.74) is 0.536. The maximum absolute atomic E-state index is 13.8. The second-order valence-corrected chi connectivity index (χ2v) is 7.53. The number of para-hydroxylation sites is 1. The fraction of sp³-hybridized carbons (Fsp3) is 0.348. The fourth-order valence-electron chi connectivity index (χ4n) is 3.85. The molecule has 0 fully saturated rings. The van der Waals surface area contributed by atoms with Gasteiger partial charge >= 0.3 is 0 Å². The van der Waals surface area contributed by atoms with Gasteiger partial charge in [-0.1, -0.05) is 24.3 Å². The first kappa shape index (κ1) is 21.9. The highest BCUT2D eigenvalue weighted by molar-refractivity contribution is 5.94. The van der Waals surface area contributed by atoms with Gasteiger partial charge in [-0.2, -0.15) is 0 Å². The van der Waals surface area contributed by atoms with Crippen LogP contribution in [0.25, 0.3) is 0 Å². The molecule has 0 bridgehead atoms. The molecule has 32 heavy (non-hydrogen) atoms. The third-order valence-electron chi connectivity index (χ3n) is 5.46. The average molecular weight is 441 g/mol. The van der Waals surface area contributed by atoms with Gasteiger partial charge in [-0.25, -0.2) is 8.78 Å². The predicted molar refractivity (Wildman–Crippen MR) is 114 cm³/mol. The number of aromatic nitrogens is 3. The summed E-state index contributed by atoms with van der Waals surface area (Å²) in [5, 5.41) is 11.0.